The molecule has 228 valence electrons. The molecule has 8 nitrogen and oxygen atoms in total. The molecule has 1 unspecified atom stereocenters. The fraction of sp³-hybridized carbons (Fsp3) is 0.412. The maximum absolute atomic E-state index is 15.7. The molecule has 2 aliphatic heterocycles. The number of benzene rings is 3. The number of carboxylic acids is 1. The highest BCUT2D eigenvalue weighted by Crippen LogP contribution is 2.50. The lowest BCUT2D eigenvalue weighted by Gasteiger charge is -2.28. The topological polar surface area (TPSA) is 97.3 Å². The first-order valence-corrected chi connectivity index (χ1v) is 14.9. The molecule has 2 aliphatic rings. The number of nitrogens with zero attached hydrogens (tertiary/aromatic N) is 1. The van der Waals surface area contributed by atoms with E-state index in [2.05, 4.69) is 17.4 Å². The third kappa shape index (κ3) is 5.91. The number of hydrogen-bond acceptors (Lipinski definition) is 6. The monoisotopic (exact) mass is 590 g/mol. The summed E-state index contributed by atoms with van der Waals surface area (Å²) in [5.41, 5.74) is 5.77. The van der Waals surface area contributed by atoms with Crippen LogP contribution in [0.1, 0.15) is 66.1 Å². The Morgan fingerprint density at radius 2 is 1.72 bits per heavy atom. The van der Waals surface area contributed by atoms with E-state index in [1.54, 1.807) is 23.1 Å². The average Bonchev–Trinajstić information content (AvgIpc) is 3.60. The molecule has 3 aromatic carbocycles. The molecule has 2 heterocycles. The Morgan fingerprint density at radius 1 is 1.02 bits per heavy atom. The standard InChI is InChI=1S/C34H39FN2O6/c1-6-21-13-19(4)14-22(7-2)31(21)36-29(38)17-37-16-26(24-11-12-28-33(20(24)5)43-18-42-28)30(34(39)40)32(37)25-10-9-23(41-8-3)15-27(25)35/h9-15,26,30,32H,6-8,16-18H2,1-5H3,(H,36,38)(H,39,40)/t26-,30?,32+/m1/s1. The Morgan fingerprint density at radius 3 is 2.35 bits per heavy atom. The number of anilines is 1. The number of carbonyl (C=O) groups is 2. The molecule has 1 saturated heterocycles. The molecule has 0 aromatic heterocycles. The van der Waals surface area contributed by atoms with Crippen LogP contribution in [0.2, 0.25) is 0 Å². The highest BCUT2D eigenvalue weighted by atomic mass is 19.1. The summed E-state index contributed by atoms with van der Waals surface area (Å²) in [4.78, 5) is 28.5. The summed E-state index contributed by atoms with van der Waals surface area (Å²) >= 11 is 0. The largest absolute Gasteiger partial charge is 0.494 e. The van der Waals surface area contributed by atoms with Crippen molar-refractivity contribution in [2.24, 2.45) is 5.92 Å². The number of rotatable bonds is 10. The van der Waals surface area contributed by atoms with Crippen molar-refractivity contribution in [1.82, 2.24) is 4.90 Å². The summed E-state index contributed by atoms with van der Waals surface area (Å²) in [7, 11) is 0. The fourth-order valence-electron chi connectivity index (χ4n) is 6.64. The second kappa shape index (κ2) is 12.6. The lowest BCUT2D eigenvalue weighted by molar-refractivity contribution is -0.143. The maximum Gasteiger partial charge on any atom is 0.309 e. The predicted molar refractivity (Wildman–Crippen MR) is 162 cm³/mol. The van der Waals surface area contributed by atoms with E-state index in [1.807, 2.05) is 40.7 Å². The van der Waals surface area contributed by atoms with Gasteiger partial charge in [0.15, 0.2) is 11.5 Å². The van der Waals surface area contributed by atoms with Gasteiger partial charge in [-0.2, -0.15) is 0 Å². The van der Waals surface area contributed by atoms with Gasteiger partial charge in [-0.05, 0) is 68.0 Å². The number of carbonyl (C=O) groups excluding carboxylic acids is 1. The summed E-state index contributed by atoms with van der Waals surface area (Å²) in [5.74, 6) is -1.94. The van der Waals surface area contributed by atoms with Gasteiger partial charge in [-0.3, -0.25) is 14.5 Å². The highest BCUT2D eigenvalue weighted by Gasteiger charge is 2.49. The average molecular weight is 591 g/mol. The van der Waals surface area contributed by atoms with Gasteiger partial charge in [-0.25, -0.2) is 4.39 Å². The van der Waals surface area contributed by atoms with Gasteiger partial charge in [0, 0.05) is 29.8 Å². The van der Waals surface area contributed by atoms with Crippen molar-refractivity contribution in [2.75, 3.05) is 31.8 Å². The van der Waals surface area contributed by atoms with E-state index in [0.29, 0.717) is 23.9 Å². The minimum atomic E-state index is -1.07. The van der Waals surface area contributed by atoms with E-state index in [9.17, 15) is 14.7 Å². The van der Waals surface area contributed by atoms with Crippen molar-refractivity contribution >= 4 is 17.6 Å². The third-order valence-corrected chi connectivity index (χ3v) is 8.53. The number of nitrogens with one attached hydrogen (secondary N) is 1. The Balaban J connectivity index is 1.54. The van der Waals surface area contributed by atoms with Crippen LogP contribution in [-0.4, -0.2) is 48.4 Å². The van der Waals surface area contributed by atoms with Crippen molar-refractivity contribution < 1.29 is 33.3 Å². The molecular weight excluding hydrogens is 551 g/mol. The zero-order valence-corrected chi connectivity index (χ0v) is 25.3. The van der Waals surface area contributed by atoms with Gasteiger partial charge >= 0.3 is 5.97 Å². The van der Waals surface area contributed by atoms with E-state index in [4.69, 9.17) is 14.2 Å². The first-order valence-electron chi connectivity index (χ1n) is 14.9. The van der Waals surface area contributed by atoms with Gasteiger partial charge in [0.05, 0.1) is 25.1 Å². The molecule has 0 spiro atoms. The number of likely N-dealkylation sites (tertiary alicyclic amines) is 1. The van der Waals surface area contributed by atoms with Crippen LogP contribution in [-0.2, 0) is 22.4 Å². The normalized spacial score (nSPS) is 19.4. The number of fused-ring (bicyclic) bond motifs is 1. The summed E-state index contributed by atoms with van der Waals surface area (Å²) < 4.78 is 32.4. The SMILES string of the molecule is CCOc1ccc([C@H]2C(C(=O)O)[C@@H](c3ccc4c(c3C)OCO4)CN2CC(=O)Nc2c(CC)cc(C)cc2CC)c(F)c1. The number of aliphatic carboxylic acids is 1. The van der Waals surface area contributed by atoms with E-state index < -0.39 is 29.7 Å². The number of hydrogen-bond donors (Lipinski definition) is 2. The summed E-state index contributed by atoms with van der Waals surface area (Å²) in [6.45, 7) is 10.4. The Labute approximate surface area is 251 Å². The number of aryl methyl sites for hydroxylation is 3. The summed E-state index contributed by atoms with van der Waals surface area (Å²) in [6.07, 6.45) is 1.50. The minimum Gasteiger partial charge on any atom is -0.494 e. The van der Waals surface area contributed by atoms with Crippen LogP contribution in [0.25, 0.3) is 0 Å². The molecule has 0 bridgehead atoms. The van der Waals surface area contributed by atoms with Crippen molar-refractivity contribution in [3.8, 4) is 17.2 Å². The predicted octanol–water partition coefficient (Wildman–Crippen LogP) is 6.17. The second-order valence-electron chi connectivity index (χ2n) is 11.2. The molecule has 1 fully saturated rings. The minimum absolute atomic E-state index is 0.0947. The number of halogens is 1. The smallest absolute Gasteiger partial charge is 0.309 e. The van der Waals surface area contributed by atoms with Crippen molar-refractivity contribution in [2.45, 2.75) is 59.4 Å². The van der Waals surface area contributed by atoms with Crippen LogP contribution in [0.15, 0.2) is 42.5 Å². The molecule has 0 aliphatic carbocycles. The third-order valence-electron chi connectivity index (χ3n) is 8.53. The number of carboxylic acid groups (broad SMARTS) is 1. The summed E-state index contributed by atoms with van der Waals surface area (Å²) in [5, 5.41) is 13.7. The van der Waals surface area contributed by atoms with Crippen LogP contribution < -0.4 is 19.5 Å². The highest BCUT2D eigenvalue weighted by molar-refractivity contribution is 5.94. The molecule has 5 rings (SSSR count). The lowest BCUT2D eigenvalue weighted by Crippen LogP contribution is -2.36. The van der Waals surface area contributed by atoms with Crippen LogP contribution in [0.4, 0.5) is 10.1 Å². The molecule has 0 radical (unpaired) electrons. The molecule has 9 heteroatoms. The van der Waals surface area contributed by atoms with E-state index in [0.717, 1.165) is 46.3 Å². The molecule has 0 saturated carbocycles. The first-order chi connectivity index (χ1) is 20.7. The first kappa shape index (κ1) is 30.4. The van der Waals surface area contributed by atoms with Gasteiger partial charge in [0.25, 0.3) is 0 Å². The fourth-order valence-corrected chi connectivity index (χ4v) is 6.64. The Bertz CT molecular complexity index is 1510. The lowest BCUT2D eigenvalue weighted by atomic mass is 9.81. The maximum atomic E-state index is 15.7. The Hall–Kier alpha value is -4.11. The quantitative estimate of drug-likeness (QED) is 0.291. The van der Waals surface area contributed by atoms with Crippen molar-refractivity contribution in [1.29, 1.82) is 0 Å². The molecule has 43 heavy (non-hydrogen) atoms. The van der Waals surface area contributed by atoms with Gasteiger partial charge in [-0.15, -0.1) is 0 Å². The van der Waals surface area contributed by atoms with Crippen molar-refractivity contribution in [3.63, 3.8) is 0 Å². The van der Waals surface area contributed by atoms with Crippen LogP contribution in [0.3, 0.4) is 0 Å². The van der Waals surface area contributed by atoms with Crippen LogP contribution in [0.5, 0.6) is 17.2 Å². The molecular formula is C34H39FN2O6. The van der Waals surface area contributed by atoms with E-state index >= 15 is 4.39 Å². The van der Waals surface area contributed by atoms with Crippen LogP contribution in [0, 0.1) is 25.6 Å². The summed E-state index contributed by atoms with van der Waals surface area (Å²) in [6, 6.07) is 11.4. The van der Waals surface area contributed by atoms with Gasteiger partial charge in [0.2, 0.25) is 12.7 Å². The van der Waals surface area contributed by atoms with Gasteiger partial charge in [-0.1, -0.05) is 43.7 Å². The van der Waals surface area contributed by atoms with Crippen molar-refractivity contribution in [3.05, 3.63) is 81.7 Å². The van der Waals surface area contributed by atoms with Gasteiger partial charge < -0.3 is 24.6 Å². The zero-order chi connectivity index (χ0) is 30.8. The zero-order valence-electron chi connectivity index (χ0n) is 25.3. The van der Waals surface area contributed by atoms with Crippen LogP contribution >= 0.6 is 0 Å². The van der Waals surface area contributed by atoms with E-state index in [-0.39, 0.29) is 31.4 Å². The number of amides is 1. The number of ether oxygens (including phenoxy) is 3. The van der Waals surface area contributed by atoms with Gasteiger partial charge in [0.1, 0.15) is 11.6 Å². The molecule has 1 amide bonds. The second-order valence-corrected chi connectivity index (χ2v) is 11.2. The Kier molecular flexibility index (Phi) is 8.92. The molecule has 3 atom stereocenters. The molecule has 3 aromatic rings. The van der Waals surface area contributed by atoms with E-state index in [1.165, 1.54) is 6.07 Å². The molecule has 2 N–H and O–H groups in total.